The highest BCUT2D eigenvalue weighted by atomic mass is 16.5. The van der Waals surface area contributed by atoms with Gasteiger partial charge in [0.05, 0.1) is 19.3 Å². The molecule has 0 N–H and O–H groups in total. The van der Waals surface area contributed by atoms with Gasteiger partial charge >= 0.3 is 0 Å². The van der Waals surface area contributed by atoms with Gasteiger partial charge in [-0.15, -0.1) is 0 Å². The normalized spacial score (nSPS) is 28.6. The molecular formula is C22H27N3O2. The number of morpholine rings is 1. The van der Waals surface area contributed by atoms with E-state index in [0.717, 1.165) is 71.5 Å². The van der Waals surface area contributed by atoms with Gasteiger partial charge in [-0.25, -0.2) is 0 Å². The minimum Gasteiger partial charge on any atom is -0.379 e. The van der Waals surface area contributed by atoms with Crippen LogP contribution >= 0.6 is 0 Å². The van der Waals surface area contributed by atoms with Crippen LogP contribution in [-0.2, 0) is 14.9 Å². The molecule has 5 nitrogen and oxygen atoms in total. The number of benzene rings is 1. The highest BCUT2D eigenvalue weighted by Crippen LogP contribution is 2.54. The zero-order valence-corrected chi connectivity index (χ0v) is 15.8. The van der Waals surface area contributed by atoms with E-state index in [1.807, 2.05) is 4.90 Å². The van der Waals surface area contributed by atoms with Gasteiger partial charge in [-0.2, -0.15) is 5.26 Å². The number of ether oxygens (including phenoxy) is 1. The third-order valence-corrected chi connectivity index (χ3v) is 7.34. The largest absolute Gasteiger partial charge is 0.379 e. The van der Waals surface area contributed by atoms with Crippen LogP contribution in [0, 0.1) is 16.7 Å². The van der Waals surface area contributed by atoms with Gasteiger partial charge in [0.15, 0.2) is 0 Å². The zero-order chi connectivity index (χ0) is 18.5. The van der Waals surface area contributed by atoms with Crippen LogP contribution in [0.5, 0.6) is 0 Å². The first-order valence-corrected chi connectivity index (χ1v) is 10.3. The molecule has 1 saturated carbocycles. The third kappa shape index (κ3) is 2.69. The summed E-state index contributed by atoms with van der Waals surface area (Å²) in [6, 6.07) is 11.7. The molecule has 5 rings (SSSR count). The van der Waals surface area contributed by atoms with Gasteiger partial charge in [0.2, 0.25) is 5.91 Å². The monoisotopic (exact) mass is 365 g/mol. The quantitative estimate of drug-likeness (QED) is 0.808. The molecule has 0 bridgehead atoms. The van der Waals surface area contributed by atoms with Crippen molar-refractivity contribution in [2.24, 2.45) is 5.41 Å². The Morgan fingerprint density at radius 3 is 2.44 bits per heavy atom. The third-order valence-electron chi connectivity index (χ3n) is 7.34. The second-order valence-electron chi connectivity index (χ2n) is 8.72. The number of nitrogens with zero attached hydrogens (tertiary/aromatic N) is 3. The summed E-state index contributed by atoms with van der Waals surface area (Å²) in [6.45, 7) is 5.22. The summed E-state index contributed by atoms with van der Waals surface area (Å²) in [5, 5.41) is 9.36. The first kappa shape index (κ1) is 17.2. The number of likely N-dealkylation sites (tertiary alicyclic amines) is 1. The van der Waals surface area contributed by atoms with Crippen LogP contribution in [0.3, 0.4) is 0 Å². The summed E-state index contributed by atoms with van der Waals surface area (Å²) in [6.07, 6.45) is 4.66. The van der Waals surface area contributed by atoms with Crippen molar-refractivity contribution in [3.05, 3.63) is 35.4 Å². The van der Waals surface area contributed by atoms with Gasteiger partial charge in [-0.3, -0.25) is 9.69 Å². The van der Waals surface area contributed by atoms with Crippen molar-refractivity contribution in [1.29, 1.82) is 5.26 Å². The van der Waals surface area contributed by atoms with E-state index in [2.05, 4.69) is 35.2 Å². The molecule has 2 heterocycles. The predicted molar refractivity (Wildman–Crippen MR) is 101 cm³/mol. The molecule has 1 aromatic rings. The van der Waals surface area contributed by atoms with Crippen molar-refractivity contribution in [3.63, 3.8) is 0 Å². The molecule has 1 amide bonds. The van der Waals surface area contributed by atoms with Crippen LogP contribution < -0.4 is 0 Å². The molecule has 1 atom stereocenters. The number of amides is 1. The van der Waals surface area contributed by atoms with Gasteiger partial charge in [-0.1, -0.05) is 24.3 Å². The molecular weight excluding hydrogens is 338 g/mol. The maximum absolute atomic E-state index is 12.8. The standard InChI is InChI=1S/C22H27N3O2/c23-16-22(5-6-22)20(26)25-9-7-21(8-10-25)15-19(24-11-13-27-14-12-24)17-3-1-2-4-18(17)21/h1-4,19H,5-15H2. The molecule has 1 aromatic carbocycles. The molecule has 142 valence electrons. The van der Waals surface area contributed by atoms with Crippen LogP contribution in [-0.4, -0.2) is 55.1 Å². The Morgan fingerprint density at radius 1 is 1.07 bits per heavy atom. The summed E-state index contributed by atoms with van der Waals surface area (Å²) >= 11 is 0. The van der Waals surface area contributed by atoms with Gasteiger partial charge in [0.25, 0.3) is 0 Å². The van der Waals surface area contributed by atoms with E-state index >= 15 is 0 Å². The minimum atomic E-state index is -0.686. The number of fused-ring (bicyclic) bond motifs is 2. The summed E-state index contributed by atoms with van der Waals surface area (Å²) in [7, 11) is 0. The first-order chi connectivity index (χ1) is 13.2. The lowest BCUT2D eigenvalue weighted by Crippen LogP contribution is -2.47. The molecule has 2 aliphatic carbocycles. The fourth-order valence-corrected chi connectivity index (χ4v) is 5.49. The SMILES string of the molecule is N#CC1(C(=O)N2CCC3(CC2)CC(N2CCOCC2)c2ccccc23)CC1. The molecule has 2 aliphatic heterocycles. The van der Waals surface area contributed by atoms with Gasteiger partial charge < -0.3 is 9.64 Å². The van der Waals surface area contributed by atoms with Crippen LogP contribution in [0.1, 0.15) is 49.3 Å². The Bertz CT molecular complexity index is 781. The van der Waals surface area contributed by atoms with Crippen molar-refractivity contribution in [2.45, 2.75) is 43.6 Å². The fourth-order valence-electron chi connectivity index (χ4n) is 5.49. The lowest BCUT2D eigenvalue weighted by Gasteiger charge is -2.41. The highest BCUT2D eigenvalue weighted by molar-refractivity contribution is 5.88. The number of hydrogen-bond donors (Lipinski definition) is 0. The zero-order valence-electron chi connectivity index (χ0n) is 15.8. The van der Waals surface area contributed by atoms with Gasteiger partial charge in [0, 0.05) is 37.6 Å². The van der Waals surface area contributed by atoms with Crippen molar-refractivity contribution in [1.82, 2.24) is 9.80 Å². The van der Waals surface area contributed by atoms with E-state index in [4.69, 9.17) is 4.74 Å². The van der Waals surface area contributed by atoms with E-state index < -0.39 is 5.41 Å². The van der Waals surface area contributed by atoms with Crippen LogP contribution in [0.15, 0.2) is 24.3 Å². The smallest absolute Gasteiger partial charge is 0.243 e. The van der Waals surface area contributed by atoms with E-state index in [1.54, 1.807) is 0 Å². The highest BCUT2D eigenvalue weighted by Gasteiger charge is 2.54. The number of piperidine rings is 1. The molecule has 1 spiro atoms. The number of nitriles is 1. The molecule has 4 aliphatic rings. The number of hydrogen-bond acceptors (Lipinski definition) is 4. The average molecular weight is 365 g/mol. The predicted octanol–water partition coefficient (Wildman–Crippen LogP) is 2.63. The Hall–Kier alpha value is -1.90. The Kier molecular flexibility index (Phi) is 4.03. The number of rotatable bonds is 2. The van der Waals surface area contributed by atoms with E-state index in [-0.39, 0.29) is 11.3 Å². The molecule has 3 fully saturated rings. The second-order valence-corrected chi connectivity index (χ2v) is 8.72. The summed E-state index contributed by atoms with van der Waals surface area (Å²) in [4.78, 5) is 17.3. The molecule has 0 radical (unpaired) electrons. The molecule has 27 heavy (non-hydrogen) atoms. The maximum Gasteiger partial charge on any atom is 0.243 e. The second kappa shape index (κ2) is 6.32. The van der Waals surface area contributed by atoms with Crippen molar-refractivity contribution < 1.29 is 9.53 Å². The Balaban J connectivity index is 1.36. The molecule has 5 heteroatoms. The fraction of sp³-hybridized carbons (Fsp3) is 0.636. The molecule has 0 aromatic heterocycles. The van der Waals surface area contributed by atoms with E-state index in [1.165, 1.54) is 11.1 Å². The summed E-state index contributed by atoms with van der Waals surface area (Å²) in [5.74, 6) is 0.0795. The topological polar surface area (TPSA) is 56.6 Å². The van der Waals surface area contributed by atoms with Crippen molar-refractivity contribution >= 4 is 5.91 Å². The van der Waals surface area contributed by atoms with Crippen LogP contribution in [0.2, 0.25) is 0 Å². The maximum atomic E-state index is 12.8. The average Bonchev–Trinajstić information content (AvgIpc) is 3.48. The van der Waals surface area contributed by atoms with Crippen molar-refractivity contribution in [2.75, 3.05) is 39.4 Å². The van der Waals surface area contributed by atoms with Crippen LogP contribution in [0.25, 0.3) is 0 Å². The van der Waals surface area contributed by atoms with Gasteiger partial charge in [-0.05, 0) is 43.2 Å². The first-order valence-electron chi connectivity index (χ1n) is 10.3. The summed E-state index contributed by atoms with van der Waals surface area (Å²) < 4.78 is 5.56. The van der Waals surface area contributed by atoms with Crippen LogP contribution in [0.4, 0.5) is 0 Å². The minimum absolute atomic E-state index is 0.0795. The van der Waals surface area contributed by atoms with Crippen molar-refractivity contribution in [3.8, 4) is 6.07 Å². The lowest BCUT2D eigenvalue weighted by molar-refractivity contribution is -0.136. The number of carbonyl (C=O) groups is 1. The lowest BCUT2D eigenvalue weighted by atomic mass is 9.73. The van der Waals surface area contributed by atoms with E-state index in [0.29, 0.717) is 6.04 Å². The molecule has 1 unspecified atom stereocenters. The van der Waals surface area contributed by atoms with E-state index in [9.17, 15) is 10.1 Å². The van der Waals surface area contributed by atoms with Gasteiger partial charge in [0.1, 0.15) is 5.41 Å². The Labute approximate surface area is 160 Å². The Morgan fingerprint density at radius 2 is 1.78 bits per heavy atom. The number of carbonyl (C=O) groups excluding carboxylic acids is 1. The summed E-state index contributed by atoms with van der Waals surface area (Å²) in [5.41, 5.74) is 2.47. The molecule has 2 saturated heterocycles.